The maximum atomic E-state index is 13.1. The van der Waals surface area contributed by atoms with Crippen LogP contribution in [0.25, 0.3) is 0 Å². The van der Waals surface area contributed by atoms with Crippen LogP contribution < -0.4 is 4.31 Å². The SMILES string of the molecule is O=C(O[C@@H](CCN(c1ccccc1)S(=O)(=O)C(F)(F)F)c1ccccc1)C(F)(F)F. The van der Waals surface area contributed by atoms with Gasteiger partial charge < -0.3 is 4.74 Å². The lowest BCUT2D eigenvalue weighted by Gasteiger charge is -2.27. The summed E-state index contributed by atoms with van der Waals surface area (Å²) in [5.74, 6) is -2.54. The Hall–Kier alpha value is -2.76. The first kappa shape index (κ1) is 23.5. The highest BCUT2D eigenvalue weighted by atomic mass is 32.2. The molecule has 0 saturated heterocycles. The first-order chi connectivity index (χ1) is 13.8. The van der Waals surface area contributed by atoms with Crippen molar-refractivity contribution in [3.05, 3.63) is 66.2 Å². The standard InChI is InChI=1S/C18H15F6NO4S/c19-17(20,21)16(26)29-15(13-7-3-1-4-8-13)11-12-25(14-9-5-2-6-10-14)30(27,28)18(22,23)24/h1-10,15H,11-12H2/t15-/m0/s1. The van der Waals surface area contributed by atoms with Crippen molar-refractivity contribution in [2.75, 3.05) is 10.8 Å². The third-order valence-corrected chi connectivity index (χ3v) is 5.43. The smallest absolute Gasteiger partial charge is 0.451 e. The number of benzene rings is 2. The molecule has 5 nitrogen and oxygen atoms in total. The van der Waals surface area contributed by atoms with Gasteiger partial charge in [-0.2, -0.15) is 34.8 Å². The summed E-state index contributed by atoms with van der Waals surface area (Å²) >= 11 is 0. The highest BCUT2D eigenvalue weighted by molar-refractivity contribution is 7.93. The topological polar surface area (TPSA) is 63.7 Å². The maximum absolute atomic E-state index is 13.1. The molecule has 30 heavy (non-hydrogen) atoms. The molecule has 1 atom stereocenters. The number of esters is 1. The van der Waals surface area contributed by atoms with Gasteiger partial charge in [-0.3, -0.25) is 4.31 Å². The van der Waals surface area contributed by atoms with Crippen LogP contribution >= 0.6 is 0 Å². The van der Waals surface area contributed by atoms with Gasteiger partial charge in [-0.1, -0.05) is 48.5 Å². The largest absolute Gasteiger partial charge is 0.516 e. The zero-order chi connectivity index (χ0) is 22.6. The van der Waals surface area contributed by atoms with E-state index in [9.17, 15) is 39.6 Å². The van der Waals surface area contributed by atoms with Crippen molar-refractivity contribution in [1.29, 1.82) is 0 Å². The van der Waals surface area contributed by atoms with Crippen LogP contribution in [-0.2, 0) is 19.6 Å². The van der Waals surface area contributed by atoms with Crippen LogP contribution in [0.2, 0.25) is 0 Å². The molecular formula is C18H15F6NO4S. The Morgan fingerprint density at radius 1 is 0.900 bits per heavy atom. The van der Waals surface area contributed by atoms with Gasteiger partial charge in [-0.25, -0.2) is 4.79 Å². The molecule has 0 unspecified atom stereocenters. The molecule has 0 aliphatic heterocycles. The summed E-state index contributed by atoms with van der Waals surface area (Å²) in [6, 6.07) is 13.2. The number of carbonyl (C=O) groups excluding carboxylic acids is 1. The van der Waals surface area contributed by atoms with Crippen molar-refractivity contribution in [1.82, 2.24) is 0 Å². The van der Waals surface area contributed by atoms with Crippen LogP contribution in [-0.4, -0.2) is 32.6 Å². The van der Waals surface area contributed by atoms with Crippen molar-refractivity contribution >= 4 is 21.7 Å². The number of rotatable bonds is 7. The van der Waals surface area contributed by atoms with E-state index in [-0.39, 0.29) is 15.6 Å². The fourth-order valence-corrected chi connectivity index (χ4v) is 3.49. The Morgan fingerprint density at radius 2 is 1.40 bits per heavy atom. The van der Waals surface area contributed by atoms with Crippen LogP contribution in [0.1, 0.15) is 18.1 Å². The Balaban J connectivity index is 2.36. The lowest BCUT2D eigenvalue weighted by Crippen LogP contribution is -2.42. The Labute approximate surface area is 167 Å². The third kappa shape index (κ3) is 5.65. The number of hydrogen-bond donors (Lipinski definition) is 0. The van der Waals surface area contributed by atoms with E-state index >= 15 is 0 Å². The molecule has 2 aromatic carbocycles. The molecule has 0 bridgehead atoms. The van der Waals surface area contributed by atoms with Crippen LogP contribution in [0.3, 0.4) is 0 Å². The van der Waals surface area contributed by atoms with Crippen molar-refractivity contribution in [3.8, 4) is 0 Å². The van der Waals surface area contributed by atoms with Crippen LogP contribution in [0, 0.1) is 0 Å². The Bertz CT molecular complexity index is 946. The van der Waals surface area contributed by atoms with Crippen molar-refractivity contribution in [2.24, 2.45) is 0 Å². The highest BCUT2D eigenvalue weighted by Gasteiger charge is 2.50. The molecule has 0 radical (unpaired) electrons. The quantitative estimate of drug-likeness (QED) is 0.453. The fraction of sp³-hybridized carbons (Fsp3) is 0.278. The monoisotopic (exact) mass is 455 g/mol. The molecule has 0 saturated carbocycles. The van der Waals surface area contributed by atoms with E-state index in [1.54, 1.807) is 0 Å². The number of para-hydroxylation sites is 1. The summed E-state index contributed by atoms with van der Waals surface area (Å²) in [5, 5.41) is 0. The second kappa shape index (κ2) is 8.94. The molecule has 0 heterocycles. The predicted octanol–water partition coefficient (Wildman–Crippen LogP) is 4.58. The Morgan fingerprint density at radius 3 is 1.87 bits per heavy atom. The van der Waals surface area contributed by atoms with E-state index in [1.165, 1.54) is 48.5 Å². The molecule has 164 valence electrons. The highest BCUT2D eigenvalue weighted by Crippen LogP contribution is 2.33. The summed E-state index contributed by atoms with van der Waals surface area (Å²) in [5.41, 5.74) is -5.93. The van der Waals surface area contributed by atoms with Crippen LogP contribution in [0.4, 0.5) is 32.0 Å². The van der Waals surface area contributed by atoms with Gasteiger partial charge in [-0.05, 0) is 17.7 Å². The first-order valence-electron chi connectivity index (χ1n) is 8.31. The van der Waals surface area contributed by atoms with E-state index < -0.39 is 46.7 Å². The maximum Gasteiger partial charge on any atom is 0.516 e. The van der Waals surface area contributed by atoms with Crippen molar-refractivity contribution in [3.63, 3.8) is 0 Å². The molecule has 2 aromatic rings. The van der Waals surface area contributed by atoms with Gasteiger partial charge in [0, 0.05) is 13.0 Å². The van der Waals surface area contributed by atoms with E-state index in [2.05, 4.69) is 4.74 Å². The second-order valence-corrected chi connectivity index (χ2v) is 7.80. The summed E-state index contributed by atoms with van der Waals surface area (Å²) in [4.78, 5) is 11.3. The number of halogens is 6. The molecule has 0 amide bonds. The summed E-state index contributed by atoms with van der Waals surface area (Å²) < 4.78 is 106. The first-order valence-corrected chi connectivity index (χ1v) is 9.75. The zero-order valence-electron chi connectivity index (χ0n) is 15.0. The number of sulfonamides is 1. The van der Waals surface area contributed by atoms with Gasteiger partial charge in [0.15, 0.2) is 0 Å². The predicted molar refractivity (Wildman–Crippen MR) is 94.7 cm³/mol. The van der Waals surface area contributed by atoms with E-state index in [0.29, 0.717) is 0 Å². The summed E-state index contributed by atoms with van der Waals surface area (Å²) in [7, 11) is -5.86. The number of nitrogens with zero attached hydrogens (tertiary/aromatic N) is 1. The van der Waals surface area contributed by atoms with Gasteiger partial charge >= 0.3 is 27.7 Å². The minimum Gasteiger partial charge on any atom is -0.451 e. The zero-order valence-corrected chi connectivity index (χ0v) is 15.8. The van der Waals surface area contributed by atoms with Crippen molar-refractivity contribution in [2.45, 2.75) is 24.2 Å². The fourth-order valence-electron chi connectivity index (χ4n) is 2.50. The van der Waals surface area contributed by atoms with E-state index in [0.717, 1.165) is 12.1 Å². The number of ether oxygens (including phenoxy) is 1. The molecule has 0 fully saturated rings. The normalized spacial score (nSPS) is 13.5. The third-order valence-electron chi connectivity index (χ3n) is 3.87. The molecule has 0 spiro atoms. The van der Waals surface area contributed by atoms with Gasteiger partial charge in [0.05, 0.1) is 5.69 Å². The lowest BCUT2D eigenvalue weighted by atomic mass is 10.1. The van der Waals surface area contributed by atoms with Crippen LogP contribution in [0.15, 0.2) is 60.7 Å². The molecule has 0 aliphatic carbocycles. The molecule has 0 N–H and O–H groups in total. The number of carbonyl (C=O) groups is 1. The average Bonchev–Trinajstić information content (AvgIpc) is 2.67. The lowest BCUT2D eigenvalue weighted by molar-refractivity contribution is -0.205. The number of anilines is 1. The van der Waals surface area contributed by atoms with Gasteiger partial charge in [0.2, 0.25) is 0 Å². The van der Waals surface area contributed by atoms with E-state index in [1.807, 2.05) is 0 Å². The average molecular weight is 455 g/mol. The molecular weight excluding hydrogens is 440 g/mol. The molecule has 2 rings (SSSR count). The minimum absolute atomic E-state index is 0.0182. The molecule has 0 aromatic heterocycles. The second-order valence-electron chi connectivity index (χ2n) is 5.95. The summed E-state index contributed by atoms with van der Waals surface area (Å²) in [6.07, 6.45) is -7.62. The minimum atomic E-state index is -5.86. The molecule has 12 heteroatoms. The number of hydrogen-bond acceptors (Lipinski definition) is 4. The van der Waals surface area contributed by atoms with Crippen LogP contribution in [0.5, 0.6) is 0 Å². The van der Waals surface area contributed by atoms with Gasteiger partial charge in [0.25, 0.3) is 0 Å². The Kier molecular flexibility index (Phi) is 7.01. The number of alkyl halides is 6. The summed E-state index contributed by atoms with van der Waals surface area (Å²) in [6.45, 7) is -0.892. The van der Waals surface area contributed by atoms with Crippen molar-refractivity contribution < 1.29 is 44.3 Å². The van der Waals surface area contributed by atoms with Gasteiger partial charge in [0.1, 0.15) is 6.10 Å². The van der Waals surface area contributed by atoms with E-state index in [4.69, 9.17) is 0 Å². The molecule has 0 aliphatic rings. The van der Waals surface area contributed by atoms with Gasteiger partial charge in [-0.15, -0.1) is 0 Å².